The lowest BCUT2D eigenvalue weighted by Crippen LogP contribution is -2.50. The first kappa shape index (κ1) is 21.8. The second-order valence-electron chi connectivity index (χ2n) is 8.71. The Morgan fingerprint density at radius 2 is 1.97 bits per heavy atom. The summed E-state index contributed by atoms with van der Waals surface area (Å²) in [6.45, 7) is 4.64. The maximum Gasteiger partial charge on any atom is 0.309 e. The van der Waals surface area contributed by atoms with Gasteiger partial charge in [0.25, 0.3) is 0 Å². The van der Waals surface area contributed by atoms with Gasteiger partial charge in [0.05, 0.1) is 12.5 Å². The van der Waals surface area contributed by atoms with E-state index in [0.29, 0.717) is 25.6 Å². The van der Waals surface area contributed by atoms with Crippen LogP contribution in [-0.2, 0) is 17.6 Å². The van der Waals surface area contributed by atoms with Gasteiger partial charge >= 0.3 is 5.97 Å². The average molecular weight is 444 g/mol. The lowest BCUT2D eigenvalue weighted by molar-refractivity contribution is -0.147. The molecule has 1 atom stereocenters. The minimum absolute atomic E-state index is 0.216. The van der Waals surface area contributed by atoms with Crippen LogP contribution in [0.4, 0.5) is 4.39 Å². The lowest BCUT2D eigenvalue weighted by Gasteiger charge is -2.38. The second kappa shape index (κ2) is 9.41. The molecule has 1 N–H and O–H groups in total. The molecule has 0 saturated carbocycles. The Kier molecular flexibility index (Phi) is 6.63. The zero-order valence-corrected chi connectivity index (χ0v) is 18.4. The van der Waals surface area contributed by atoms with Gasteiger partial charge in [0.1, 0.15) is 11.6 Å². The molecular weight excluding hydrogens is 417 g/mol. The van der Waals surface area contributed by atoms with E-state index in [0.717, 1.165) is 47.7 Å². The van der Waals surface area contributed by atoms with E-state index in [1.165, 1.54) is 23.3 Å². The van der Waals surface area contributed by atoms with Crippen LogP contribution in [0.15, 0.2) is 48.0 Å². The van der Waals surface area contributed by atoms with Crippen molar-refractivity contribution in [2.45, 2.75) is 26.2 Å². The van der Waals surface area contributed by atoms with Gasteiger partial charge in [-0.3, -0.25) is 9.69 Å². The maximum atomic E-state index is 13.0. The topological polar surface area (TPSA) is 49.8 Å². The van der Waals surface area contributed by atoms with Crippen LogP contribution < -0.4 is 4.74 Å². The van der Waals surface area contributed by atoms with Gasteiger partial charge in [-0.05, 0) is 77.8 Å². The molecule has 6 heteroatoms. The molecule has 164 valence electrons. The zero-order chi connectivity index (χ0) is 22.0. The zero-order valence-electron chi connectivity index (χ0n) is 17.6. The van der Waals surface area contributed by atoms with E-state index in [2.05, 4.69) is 17.9 Å². The Morgan fingerprint density at radius 3 is 2.68 bits per heavy atom. The molecule has 2 aliphatic rings. The molecule has 2 aromatic rings. The van der Waals surface area contributed by atoms with Gasteiger partial charge in [-0.1, -0.05) is 30.7 Å². The summed E-state index contributed by atoms with van der Waals surface area (Å²) in [6.07, 6.45) is 2.62. The number of carbonyl (C=O) groups is 1. The largest absolute Gasteiger partial charge is 0.493 e. The smallest absolute Gasteiger partial charge is 0.309 e. The van der Waals surface area contributed by atoms with Crippen LogP contribution >= 0.6 is 11.6 Å². The molecule has 1 fully saturated rings. The molecule has 1 aliphatic heterocycles. The number of halogens is 2. The van der Waals surface area contributed by atoms with Gasteiger partial charge in [0.15, 0.2) is 0 Å². The quantitative estimate of drug-likeness (QED) is 0.624. The number of ether oxygens (including phenoxy) is 1. The molecule has 4 nitrogen and oxygen atoms in total. The summed E-state index contributed by atoms with van der Waals surface area (Å²) in [5, 5.41) is 9.82. The third kappa shape index (κ3) is 5.28. The third-order valence-electron chi connectivity index (χ3n) is 6.07. The van der Waals surface area contributed by atoms with E-state index in [-0.39, 0.29) is 11.7 Å². The number of fused-ring (bicyclic) bond motifs is 1. The van der Waals surface area contributed by atoms with Crippen LogP contribution in [0.1, 0.15) is 30.0 Å². The number of benzene rings is 2. The number of rotatable bonds is 8. The highest BCUT2D eigenvalue weighted by Crippen LogP contribution is 2.37. The summed E-state index contributed by atoms with van der Waals surface area (Å²) in [4.78, 5) is 13.1. The van der Waals surface area contributed by atoms with Gasteiger partial charge in [0, 0.05) is 24.7 Å². The summed E-state index contributed by atoms with van der Waals surface area (Å²) in [5.74, 6) is -0.0375. The maximum absolute atomic E-state index is 13.0. The summed E-state index contributed by atoms with van der Waals surface area (Å²) in [5.41, 5.74) is 4.51. The van der Waals surface area contributed by atoms with Crippen molar-refractivity contribution in [3.05, 3.63) is 70.5 Å². The first-order valence-corrected chi connectivity index (χ1v) is 11.1. The summed E-state index contributed by atoms with van der Waals surface area (Å²) < 4.78 is 19.1. The molecule has 4 rings (SSSR count). The van der Waals surface area contributed by atoms with Gasteiger partial charge < -0.3 is 9.84 Å². The van der Waals surface area contributed by atoms with Crippen molar-refractivity contribution < 1.29 is 19.0 Å². The fourth-order valence-corrected chi connectivity index (χ4v) is 4.60. The molecular formula is C25H27ClFNO3. The van der Waals surface area contributed by atoms with Crippen LogP contribution in [0.25, 0.3) is 5.03 Å². The first-order valence-electron chi connectivity index (χ1n) is 10.7. The highest BCUT2D eigenvalue weighted by atomic mass is 35.5. The van der Waals surface area contributed by atoms with Crippen LogP contribution in [0.5, 0.6) is 5.75 Å². The number of hydrogen-bond acceptors (Lipinski definition) is 3. The van der Waals surface area contributed by atoms with Crippen molar-refractivity contribution in [2.24, 2.45) is 11.8 Å². The van der Waals surface area contributed by atoms with Crippen molar-refractivity contribution in [1.29, 1.82) is 0 Å². The van der Waals surface area contributed by atoms with Gasteiger partial charge in [-0.25, -0.2) is 4.39 Å². The number of carboxylic acid groups (broad SMARTS) is 1. The fraction of sp³-hybridized carbons (Fsp3) is 0.400. The minimum Gasteiger partial charge on any atom is -0.493 e. The van der Waals surface area contributed by atoms with E-state index in [1.54, 1.807) is 0 Å². The molecule has 0 aromatic heterocycles. The predicted octanol–water partition coefficient (Wildman–Crippen LogP) is 5.00. The highest BCUT2D eigenvalue weighted by Gasteiger charge is 2.33. The number of carboxylic acids is 1. The van der Waals surface area contributed by atoms with Crippen LogP contribution in [0.2, 0.25) is 0 Å². The summed E-state index contributed by atoms with van der Waals surface area (Å²) in [7, 11) is 0. The Balaban J connectivity index is 1.33. The van der Waals surface area contributed by atoms with Crippen LogP contribution in [0.3, 0.4) is 0 Å². The van der Waals surface area contributed by atoms with Crippen molar-refractivity contribution in [2.75, 3.05) is 26.2 Å². The first-order chi connectivity index (χ1) is 14.9. The van der Waals surface area contributed by atoms with Gasteiger partial charge in [-0.15, -0.1) is 0 Å². The van der Waals surface area contributed by atoms with Crippen molar-refractivity contribution in [3.63, 3.8) is 0 Å². The molecule has 0 amide bonds. The molecule has 0 radical (unpaired) electrons. The molecule has 0 bridgehead atoms. The standard InChI is InChI=1S/C25H27ClFNO3/c1-16(10-17-2-6-21(27)7-3-17)15-31-22-8-9-23-18(11-22)4-5-19(24(23)26)12-28-13-20(14-28)25(29)30/h2-3,6-9,11,16,20H,4-5,10,12-15H2,1H3,(H,29,30)/t16-/m0/s1. The average Bonchev–Trinajstić information content (AvgIpc) is 2.71. The number of nitrogens with zero attached hydrogens (tertiary/aromatic N) is 1. The van der Waals surface area contributed by atoms with Crippen molar-refractivity contribution in [1.82, 2.24) is 4.90 Å². The molecule has 1 saturated heterocycles. The monoisotopic (exact) mass is 443 g/mol. The normalized spacial score (nSPS) is 17.8. The van der Waals surface area contributed by atoms with Crippen molar-refractivity contribution >= 4 is 22.6 Å². The number of aliphatic carboxylic acids is 1. The number of aryl methyl sites for hydroxylation is 1. The predicted molar refractivity (Wildman–Crippen MR) is 120 cm³/mol. The Bertz CT molecular complexity index is 983. The van der Waals surface area contributed by atoms with E-state index >= 15 is 0 Å². The third-order valence-corrected chi connectivity index (χ3v) is 6.54. The summed E-state index contributed by atoms with van der Waals surface area (Å²) in [6, 6.07) is 12.7. The van der Waals surface area contributed by atoms with E-state index in [4.69, 9.17) is 21.4 Å². The second-order valence-corrected chi connectivity index (χ2v) is 9.09. The SMILES string of the molecule is C[C@H](COc1ccc2c(c1)CCC(CN1CC(C(=O)O)C1)=C2Cl)Cc1ccc(F)cc1. The molecule has 31 heavy (non-hydrogen) atoms. The Labute approximate surface area is 187 Å². The summed E-state index contributed by atoms with van der Waals surface area (Å²) >= 11 is 6.69. The van der Waals surface area contributed by atoms with Crippen molar-refractivity contribution in [3.8, 4) is 5.75 Å². The fourth-order valence-electron chi connectivity index (χ4n) is 4.26. The van der Waals surface area contributed by atoms with Gasteiger partial charge in [-0.2, -0.15) is 0 Å². The lowest BCUT2D eigenvalue weighted by atomic mass is 9.90. The Hall–Kier alpha value is -2.37. The Morgan fingerprint density at radius 1 is 1.23 bits per heavy atom. The molecule has 2 aromatic carbocycles. The molecule has 1 aliphatic carbocycles. The number of likely N-dealkylation sites (tertiary alicyclic amines) is 1. The van der Waals surface area contributed by atoms with Crippen LogP contribution in [0, 0.1) is 17.7 Å². The number of hydrogen-bond donors (Lipinski definition) is 1. The highest BCUT2D eigenvalue weighted by molar-refractivity contribution is 6.49. The van der Waals surface area contributed by atoms with E-state index < -0.39 is 5.97 Å². The van der Waals surface area contributed by atoms with Crippen LogP contribution in [-0.4, -0.2) is 42.2 Å². The molecule has 0 unspecified atom stereocenters. The van der Waals surface area contributed by atoms with E-state index in [1.807, 2.05) is 24.3 Å². The molecule has 0 spiro atoms. The molecule has 1 heterocycles. The van der Waals surface area contributed by atoms with Gasteiger partial charge in [0.2, 0.25) is 0 Å². The van der Waals surface area contributed by atoms with E-state index in [9.17, 15) is 9.18 Å². The minimum atomic E-state index is -0.718.